The Bertz CT molecular complexity index is 528. The fourth-order valence-electron chi connectivity index (χ4n) is 2.70. The lowest BCUT2D eigenvalue weighted by Crippen LogP contribution is -2.48. The van der Waals surface area contributed by atoms with E-state index in [0.717, 1.165) is 39.1 Å². The first-order valence-corrected chi connectivity index (χ1v) is 8.66. The van der Waals surface area contributed by atoms with E-state index in [4.69, 9.17) is 11.6 Å². The number of piperazine rings is 1. The highest BCUT2D eigenvalue weighted by molar-refractivity contribution is 6.17. The van der Waals surface area contributed by atoms with Gasteiger partial charge in [0, 0.05) is 44.0 Å². The van der Waals surface area contributed by atoms with Crippen LogP contribution in [0.25, 0.3) is 6.08 Å². The SMILES string of the molecule is O=C(CC=Cc1ccccc1F)CN1CCN(CCCCl)CC1. The second-order valence-corrected chi connectivity index (χ2v) is 6.20. The number of alkyl halides is 1. The van der Waals surface area contributed by atoms with Crippen LogP contribution in [0.5, 0.6) is 0 Å². The minimum absolute atomic E-state index is 0.173. The Morgan fingerprint density at radius 2 is 1.87 bits per heavy atom. The van der Waals surface area contributed by atoms with E-state index in [2.05, 4.69) is 9.80 Å². The fraction of sp³-hybridized carbons (Fsp3) is 0.500. The third-order valence-electron chi connectivity index (χ3n) is 4.02. The number of hydrogen-bond acceptors (Lipinski definition) is 3. The molecule has 0 unspecified atom stereocenters. The summed E-state index contributed by atoms with van der Waals surface area (Å²) in [6, 6.07) is 6.57. The van der Waals surface area contributed by atoms with Crippen LogP contribution in [-0.2, 0) is 4.79 Å². The van der Waals surface area contributed by atoms with Crippen molar-refractivity contribution in [3.63, 3.8) is 0 Å². The number of nitrogens with zero attached hydrogens (tertiary/aromatic N) is 2. The summed E-state index contributed by atoms with van der Waals surface area (Å²) in [6.07, 6.45) is 4.79. The number of carbonyl (C=O) groups is 1. The molecular formula is C18H24ClFN2O. The Morgan fingerprint density at radius 1 is 1.17 bits per heavy atom. The van der Waals surface area contributed by atoms with Gasteiger partial charge in [-0.1, -0.05) is 30.4 Å². The number of carbonyl (C=O) groups excluding carboxylic acids is 1. The zero-order chi connectivity index (χ0) is 16.5. The van der Waals surface area contributed by atoms with E-state index < -0.39 is 0 Å². The van der Waals surface area contributed by atoms with Crippen LogP contribution >= 0.6 is 11.6 Å². The molecule has 1 heterocycles. The van der Waals surface area contributed by atoms with Gasteiger partial charge in [-0.25, -0.2) is 4.39 Å². The quantitative estimate of drug-likeness (QED) is 0.681. The molecule has 0 aromatic heterocycles. The van der Waals surface area contributed by atoms with Crippen molar-refractivity contribution >= 4 is 23.5 Å². The molecule has 126 valence electrons. The molecule has 1 saturated heterocycles. The normalized spacial score (nSPS) is 17.0. The number of benzene rings is 1. The maximum Gasteiger partial charge on any atom is 0.150 e. The standard InChI is InChI=1S/C18H24ClFN2O/c19-9-4-10-21-11-13-22(14-12-21)15-17(23)7-3-6-16-5-1-2-8-18(16)20/h1-3,5-6,8H,4,7,9-15H2. The molecule has 0 radical (unpaired) electrons. The van der Waals surface area contributed by atoms with Gasteiger partial charge in [0.05, 0.1) is 6.54 Å². The minimum Gasteiger partial charge on any atom is -0.301 e. The number of ketones is 1. The van der Waals surface area contributed by atoms with Crippen molar-refractivity contribution in [2.24, 2.45) is 0 Å². The van der Waals surface area contributed by atoms with Crippen LogP contribution in [0.2, 0.25) is 0 Å². The molecule has 1 aliphatic rings. The second kappa shape index (κ2) is 9.81. The molecule has 0 atom stereocenters. The maximum atomic E-state index is 13.5. The van der Waals surface area contributed by atoms with Crippen LogP contribution in [0.1, 0.15) is 18.4 Å². The van der Waals surface area contributed by atoms with Gasteiger partial charge in [-0.2, -0.15) is 0 Å². The Balaban J connectivity index is 1.69. The van der Waals surface area contributed by atoms with Gasteiger partial charge in [0.15, 0.2) is 5.78 Å². The molecule has 1 aromatic carbocycles. The lowest BCUT2D eigenvalue weighted by Gasteiger charge is -2.34. The van der Waals surface area contributed by atoms with Gasteiger partial charge in [0.25, 0.3) is 0 Å². The molecule has 3 nitrogen and oxygen atoms in total. The highest BCUT2D eigenvalue weighted by Crippen LogP contribution is 2.09. The molecule has 5 heteroatoms. The molecule has 0 bridgehead atoms. The molecule has 1 fully saturated rings. The monoisotopic (exact) mass is 338 g/mol. The lowest BCUT2D eigenvalue weighted by molar-refractivity contribution is -0.119. The van der Waals surface area contributed by atoms with Crippen LogP contribution in [0.15, 0.2) is 30.3 Å². The molecule has 0 aliphatic carbocycles. The van der Waals surface area contributed by atoms with Crippen molar-refractivity contribution in [1.82, 2.24) is 9.80 Å². The average molecular weight is 339 g/mol. The van der Waals surface area contributed by atoms with Crippen molar-refractivity contribution < 1.29 is 9.18 Å². The zero-order valence-electron chi connectivity index (χ0n) is 13.4. The fourth-order valence-corrected chi connectivity index (χ4v) is 2.82. The van der Waals surface area contributed by atoms with E-state index in [1.807, 2.05) is 0 Å². The first-order valence-electron chi connectivity index (χ1n) is 8.12. The van der Waals surface area contributed by atoms with E-state index in [1.54, 1.807) is 30.4 Å². The zero-order valence-corrected chi connectivity index (χ0v) is 14.1. The van der Waals surface area contributed by atoms with Crippen molar-refractivity contribution in [2.45, 2.75) is 12.8 Å². The number of allylic oxidation sites excluding steroid dienone is 1. The van der Waals surface area contributed by atoms with Gasteiger partial charge < -0.3 is 4.90 Å². The summed E-state index contributed by atoms with van der Waals surface area (Å²) >= 11 is 5.71. The van der Waals surface area contributed by atoms with Gasteiger partial charge in [-0.15, -0.1) is 11.6 Å². The Morgan fingerprint density at radius 3 is 2.57 bits per heavy atom. The van der Waals surface area contributed by atoms with Crippen LogP contribution in [0, 0.1) is 5.82 Å². The van der Waals surface area contributed by atoms with Crippen molar-refractivity contribution in [3.05, 3.63) is 41.7 Å². The topological polar surface area (TPSA) is 23.6 Å². The number of hydrogen-bond donors (Lipinski definition) is 0. The highest BCUT2D eigenvalue weighted by atomic mass is 35.5. The van der Waals surface area contributed by atoms with Gasteiger partial charge >= 0.3 is 0 Å². The van der Waals surface area contributed by atoms with Crippen LogP contribution in [0.3, 0.4) is 0 Å². The Hall–Kier alpha value is -1.23. The van der Waals surface area contributed by atoms with E-state index in [9.17, 15) is 9.18 Å². The molecule has 0 amide bonds. The Labute approximate surface area is 142 Å². The molecule has 0 saturated carbocycles. The number of rotatable bonds is 8. The highest BCUT2D eigenvalue weighted by Gasteiger charge is 2.17. The molecule has 2 rings (SSSR count). The van der Waals surface area contributed by atoms with Crippen LogP contribution < -0.4 is 0 Å². The smallest absolute Gasteiger partial charge is 0.150 e. The minimum atomic E-state index is -0.260. The summed E-state index contributed by atoms with van der Waals surface area (Å²) < 4.78 is 13.5. The summed E-state index contributed by atoms with van der Waals surface area (Å²) in [4.78, 5) is 16.6. The first-order chi connectivity index (χ1) is 11.2. The molecule has 0 spiro atoms. The lowest BCUT2D eigenvalue weighted by atomic mass is 10.1. The molecule has 0 N–H and O–H groups in total. The van der Waals surface area contributed by atoms with Crippen molar-refractivity contribution in [3.8, 4) is 0 Å². The first kappa shape index (κ1) is 18.1. The van der Waals surface area contributed by atoms with E-state index in [1.165, 1.54) is 6.07 Å². The average Bonchev–Trinajstić information content (AvgIpc) is 2.56. The van der Waals surface area contributed by atoms with Crippen LogP contribution in [-0.4, -0.2) is 60.7 Å². The predicted molar refractivity (Wildman–Crippen MR) is 93.3 cm³/mol. The predicted octanol–water partition coefficient (Wildman–Crippen LogP) is 3.04. The van der Waals surface area contributed by atoms with E-state index in [-0.39, 0.29) is 11.6 Å². The van der Waals surface area contributed by atoms with Crippen molar-refractivity contribution in [1.29, 1.82) is 0 Å². The van der Waals surface area contributed by atoms with Gasteiger partial charge in [-0.3, -0.25) is 9.69 Å². The van der Waals surface area contributed by atoms with Crippen LogP contribution in [0.4, 0.5) is 4.39 Å². The number of halogens is 2. The van der Waals surface area contributed by atoms with Gasteiger partial charge in [-0.05, 0) is 19.0 Å². The maximum absolute atomic E-state index is 13.5. The molecular weight excluding hydrogens is 315 g/mol. The van der Waals surface area contributed by atoms with E-state index in [0.29, 0.717) is 24.4 Å². The van der Waals surface area contributed by atoms with Crippen molar-refractivity contribution in [2.75, 3.05) is 45.1 Å². The van der Waals surface area contributed by atoms with E-state index >= 15 is 0 Å². The number of Topliss-reactive ketones (excluding diaryl/α,β-unsaturated/α-hetero) is 1. The third kappa shape index (κ3) is 6.42. The second-order valence-electron chi connectivity index (χ2n) is 5.83. The van der Waals surface area contributed by atoms with Gasteiger partial charge in [0.1, 0.15) is 5.82 Å². The summed E-state index contributed by atoms with van der Waals surface area (Å²) in [5.41, 5.74) is 0.521. The molecule has 23 heavy (non-hydrogen) atoms. The summed E-state index contributed by atoms with van der Waals surface area (Å²) in [5, 5.41) is 0. The summed E-state index contributed by atoms with van der Waals surface area (Å²) in [7, 11) is 0. The van der Waals surface area contributed by atoms with Gasteiger partial charge in [0.2, 0.25) is 0 Å². The summed E-state index contributed by atoms with van der Waals surface area (Å²) in [6.45, 7) is 5.35. The Kier molecular flexibility index (Phi) is 7.72. The third-order valence-corrected chi connectivity index (χ3v) is 4.29. The largest absolute Gasteiger partial charge is 0.301 e. The molecule has 1 aliphatic heterocycles. The molecule has 1 aromatic rings. The summed E-state index contributed by atoms with van der Waals surface area (Å²) in [5.74, 6) is 0.614.